The molecule has 1 aromatic carbocycles. The fraction of sp³-hybridized carbons (Fsp3) is 0.500. The van der Waals surface area contributed by atoms with Crippen molar-refractivity contribution in [3.63, 3.8) is 0 Å². The Hall–Kier alpha value is -2.81. The van der Waals surface area contributed by atoms with Crippen LogP contribution >= 0.6 is 0 Å². The zero-order valence-corrected chi connectivity index (χ0v) is 17.2. The number of nitrogens with zero attached hydrogens (tertiary/aromatic N) is 3. The third kappa shape index (κ3) is 4.76. The number of hydrogen-bond acceptors (Lipinski definition) is 5. The van der Waals surface area contributed by atoms with Gasteiger partial charge in [-0.15, -0.1) is 0 Å². The van der Waals surface area contributed by atoms with E-state index in [0.717, 1.165) is 44.4 Å². The number of carbonyl (C=O) groups is 2. The van der Waals surface area contributed by atoms with Gasteiger partial charge in [-0.1, -0.05) is 0 Å². The highest BCUT2D eigenvalue weighted by Crippen LogP contribution is 2.27. The molecular formula is C22H26F2N4O3. The minimum absolute atomic E-state index is 0.0130. The second kappa shape index (κ2) is 9.13. The first-order valence-corrected chi connectivity index (χ1v) is 10.7. The molecule has 0 spiro atoms. The number of benzene rings is 1. The Bertz CT molecular complexity index is 956. The summed E-state index contributed by atoms with van der Waals surface area (Å²) in [5.74, 6) is -1.09. The van der Waals surface area contributed by atoms with Gasteiger partial charge in [-0.25, -0.2) is 13.8 Å². The number of piperidine rings is 1. The van der Waals surface area contributed by atoms with E-state index in [1.54, 1.807) is 0 Å². The highest BCUT2D eigenvalue weighted by molar-refractivity contribution is 5.80. The average molecular weight is 432 g/mol. The van der Waals surface area contributed by atoms with Crippen molar-refractivity contribution in [2.24, 2.45) is 5.73 Å². The van der Waals surface area contributed by atoms with Gasteiger partial charge in [0.15, 0.2) is 11.7 Å². The smallest absolute Gasteiger partial charge is 0.234 e. The van der Waals surface area contributed by atoms with Gasteiger partial charge in [0, 0.05) is 38.0 Å². The molecule has 31 heavy (non-hydrogen) atoms. The number of aromatic nitrogens is 1. The van der Waals surface area contributed by atoms with Gasteiger partial charge in [-0.2, -0.15) is 0 Å². The number of oxazole rings is 1. The molecule has 0 radical (unpaired) electrons. The molecule has 2 aliphatic rings. The van der Waals surface area contributed by atoms with Gasteiger partial charge >= 0.3 is 0 Å². The number of hydrogen-bond donors (Lipinski definition) is 1. The first kappa shape index (κ1) is 21.4. The number of nitrogens with two attached hydrogens (primary N) is 1. The minimum atomic E-state index is -0.724. The van der Waals surface area contributed by atoms with Crippen molar-refractivity contribution in [3.05, 3.63) is 41.9 Å². The van der Waals surface area contributed by atoms with Crippen LogP contribution in [0.25, 0.3) is 11.3 Å². The standard InChI is InChI=1S/C22H26F2N4O3/c23-14-3-4-16(17(24)12-14)19-13-26-20(31-19)5-6-21(29)27-10-7-15(8-11-27)28-9-1-2-18(28)22(25)30/h3-4,12-13,15,18H,1-2,5-11H2,(H2,25,30)/t18-/m1/s1. The Morgan fingerprint density at radius 3 is 2.65 bits per heavy atom. The average Bonchev–Trinajstić information content (AvgIpc) is 3.42. The molecule has 0 saturated carbocycles. The molecule has 166 valence electrons. The number of amides is 2. The lowest BCUT2D eigenvalue weighted by atomic mass is 10.0. The topological polar surface area (TPSA) is 92.7 Å². The van der Waals surface area contributed by atoms with E-state index >= 15 is 0 Å². The van der Waals surface area contributed by atoms with E-state index in [9.17, 15) is 18.4 Å². The summed E-state index contributed by atoms with van der Waals surface area (Å²) >= 11 is 0. The Labute approximate surface area is 179 Å². The number of likely N-dealkylation sites (tertiary alicyclic amines) is 2. The van der Waals surface area contributed by atoms with Crippen molar-refractivity contribution in [1.29, 1.82) is 0 Å². The molecule has 1 atom stereocenters. The zero-order chi connectivity index (χ0) is 22.0. The molecule has 0 unspecified atom stereocenters. The molecule has 2 aliphatic heterocycles. The van der Waals surface area contributed by atoms with Crippen molar-refractivity contribution >= 4 is 11.8 Å². The first-order valence-electron chi connectivity index (χ1n) is 10.7. The van der Waals surface area contributed by atoms with E-state index in [1.807, 2.05) is 4.90 Å². The van der Waals surface area contributed by atoms with E-state index in [4.69, 9.17) is 10.2 Å². The second-order valence-electron chi connectivity index (χ2n) is 8.15. The largest absolute Gasteiger partial charge is 0.441 e. The Balaban J connectivity index is 1.27. The van der Waals surface area contributed by atoms with Crippen LogP contribution in [0.3, 0.4) is 0 Å². The molecule has 0 bridgehead atoms. The van der Waals surface area contributed by atoms with Gasteiger partial charge < -0.3 is 15.1 Å². The third-order valence-electron chi connectivity index (χ3n) is 6.21. The molecule has 9 heteroatoms. The van der Waals surface area contributed by atoms with E-state index in [-0.39, 0.29) is 41.6 Å². The van der Waals surface area contributed by atoms with Crippen LogP contribution in [0.15, 0.2) is 28.8 Å². The van der Waals surface area contributed by atoms with Crippen molar-refractivity contribution < 1.29 is 22.8 Å². The Morgan fingerprint density at radius 2 is 1.94 bits per heavy atom. The molecule has 1 aromatic heterocycles. The maximum Gasteiger partial charge on any atom is 0.234 e. The van der Waals surface area contributed by atoms with Crippen molar-refractivity contribution in [2.45, 2.75) is 50.6 Å². The van der Waals surface area contributed by atoms with Crippen LogP contribution in [0, 0.1) is 11.6 Å². The van der Waals surface area contributed by atoms with Gasteiger partial charge in [-0.3, -0.25) is 14.5 Å². The molecule has 2 aromatic rings. The van der Waals surface area contributed by atoms with E-state index in [2.05, 4.69) is 9.88 Å². The molecule has 2 fully saturated rings. The quantitative estimate of drug-likeness (QED) is 0.757. The number of carbonyl (C=O) groups excluding carboxylic acids is 2. The number of primary amides is 1. The number of halogens is 2. The highest BCUT2D eigenvalue weighted by Gasteiger charge is 2.36. The summed E-state index contributed by atoms with van der Waals surface area (Å²) in [7, 11) is 0. The summed E-state index contributed by atoms with van der Waals surface area (Å²) in [5.41, 5.74) is 5.65. The summed E-state index contributed by atoms with van der Waals surface area (Å²) < 4.78 is 32.5. The maximum absolute atomic E-state index is 13.9. The molecule has 7 nitrogen and oxygen atoms in total. The van der Waals surface area contributed by atoms with E-state index in [1.165, 1.54) is 12.3 Å². The highest BCUT2D eigenvalue weighted by atomic mass is 19.1. The predicted molar refractivity (Wildman–Crippen MR) is 109 cm³/mol. The van der Waals surface area contributed by atoms with E-state index in [0.29, 0.717) is 25.4 Å². The molecule has 2 amide bonds. The fourth-order valence-electron chi connectivity index (χ4n) is 4.59. The van der Waals surface area contributed by atoms with Crippen LogP contribution in [0.1, 0.15) is 38.0 Å². The van der Waals surface area contributed by atoms with Crippen molar-refractivity contribution in [1.82, 2.24) is 14.8 Å². The van der Waals surface area contributed by atoms with Gasteiger partial charge in [-0.05, 0) is 44.4 Å². The number of aryl methyl sites for hydroxylation is 1. The zero-order valence-electron chi connectivity index (χ0n) is 17.2. The third-order valence-corrected chi connectivity index (χ3v) is 6.21. The molecule has 3 heterocycles. The maximum atomic E-state index is 13.9. The molecular weight excluding hydrogens is 406 g/mol. The lowest BCUT2D eigenvalue weighted by Gasteiger charge is -2.38. The second-order valence-corrected chi connectivity index (χ2v) is 8.15. The normalized spacial score (nSPS) is 20.3. The first-order chi connectivity index (χ1) is 14.9. The number of rotatable bonds is 6. The summed E-state index contributed by atoms with van der Waals surface area (Å²) in [6, 6.07) is 3.34. The molecule has 4 rings (SSSR count). The Morgan fingerprint density at radius 1 is 1.16 bits per heavy atom. The van der Waals surface area contributed by atoms with Crippen molar-refractivity contribution in [3.8, 4) is 11.3 Å². The SMILES string of the molecule is NC(=O)[C@H]1CCCN1C1CCN(C(=O)CCc2ncc(-c3ccc(F)cc3F)o2)CC1. The van der Waals surface area contributed by atoms with Gasteiger partial charge in [0.2, 0.25) is 11.8 Å². The summed E-state index contributed by atoms with van der Waals surface area (Å²) in [6.45, 7) is 2.17. The molecule has 2 saturated heterocycles. The summed E-state index contributed by atoms with van der Waals surface area (Å²) in [5, 5.41) is 0. The lowest BCUT2D eigenvalue weighted by Crippen LogP contribution is -2.51. The van der Waals surface area contributed by atoms with Gasteiger partial charge in [0.05, 0.1) is 17.8 Å². The molecule has 2 N–H and O–H groups in total. The summed E-state index contributed by atoms with van der Waals surface area (Å²) in [4.78, 5) is 32.4. The predicted octanol–water partition coefficient (Wildman–Crippen LogP) is 2.49. The van der Waals surface area contributed by atoms with Crippen LogP contribution in [0.2, 0.25) is 0 Å². The monoisotopic (exact) mass is 432 g/mol. The van der Waals surface area contributed by atoms with Crippen molar-refractivity contribution in [2.75, 3.05) is 19.6 Å². The van der Waals surface area contributed by atoms with Crippen LogP contribution in [0.4, 0.5) is 8.78 Å². The van der Waals surface area contributed by atoms with Gasteiger partial charge in [0.25, 0.3) is 0 Å². The minimum Gasteiger partial charge on any atom is -0.441 e. The van der Waals surface area contributed by atoms with Crippen LogP contribution in [-0.4, -0.2) is 58.3 Å². The van der Waals surface area contributed by atoms with Crippen LogP contribution in [0.5, 0.6) is 0 Å². The van der Waals surface area contributed by atoms with E-state index < -0.39 is 11.6 Å². The van der Waals surface area contributed by atoms with Crippen LogP contribution < -0.4 is 5.73 Å². The molecule has 0 aliphatic carbocycles. The summed E-state index contributed by atoms with van der Waals surface area (Å²) in [6.07, 6.45) is 5.36. The van der Waals surface area contributed by atoms with Gasteiger partial charge in [0.1, 0.15) is 11.6 Å². The Kier molecular flexibility index (Phi) is 6.31. The lowest BCUT2D eigenvalue weighted by molar-refractivity contribution is -0.133. The fourth-order valence-corrected chi connectivity index (χ4v) is 4.59. The van der Waals surface area contributed by atoms with Crippen LogP contribution in [-0.2, 0) is 16.0 Å².